The van der Waals surface area contributed by atoms with Gasteiger partial charge in [0.15, 0.2) is 0 Å². The Labute approximate surface area is 143 Å². The minimum Gasteiger partial charge on any atom is -0.395 e. The predicted molar refractivity (Wildman–Crippen MR) is 95.0 cm³/mol. The van der Waals surface area contributed by atoms with Gasteiger partial charge in [0.1, 0.15) is 5.50 Å². The number of nitrogens with zero attached hydrogens (tertiary/aromatic N) is 2. The number of nitrogens with one attached hydrogen (secondary N) is 4. The maximum Gasteiger partial charge on any atom is 0.107 e. The van der Waals surface area contributed by atoms with Crippen LogP contribution in [0.15, 0.2) is 0 Å². The molecule has 23 heavy (non-hydrogen) atoms. The first-order chi connectivity index (χ1) is 11.1. The predicted octanol–water partition coefficient (Wildman–Crippen LogP) is -1.22. The summed E-state index contributed by atoms with van der Waals surface area (Å²) < 4.78 is 0. The highest BCUT2D eigenvalue weighted by Crippen LogP contribution is 2.21. The van der Waals surface area contributed by atoms with Crippen molar-refractivity contribution in [3.8, 4) is 0 Å². The smallest absolute Gasteiger partial charge is 0.107 e. The van der Waals surface area contributed by atoms with Crippen molar-refractivity contribution in [3.05, 3.63) is 0 Å². The maximum atomic E-state index is 9.06. The third-order valence-electron chi connectivity index (χ3n) is 4.93. The SMILES string of the molecule is CC1NC(NC2NCC(C)S2)CC(N2CCN(CCO)CC2)N1. The van der Waals surface area contributed by atoms with Gasteiger partial charge in [-0.25, -0.2) is 0 Å². The molecule has 3 aliphatic heterocycles. The van der Waals surface area contributed by atoms with Crippen molar-refractivity contribution in [3.63, 3.8) is 0 Å². The van der Waals surface area contributed by atoms with Crippen LogP contribution in [0.2, 0.25) is 0 Å². The number of hydrogen-bond acceptors (Lipinski definition) is 8. The first-order valence-corrected chi connectivity index (χ1v) is 9.82. The van der Waals surface area contributed by atoms with E-state index in [2.05, 4.69) is 44.9 Å². The van der Waals surface area contributed by atoms with E-state index in [1.54, 1.807) is 0 Å². The Balaban J connectivity index is 1.48. The van der Waals surface area contributed by atoms with Crippen molar-refractivity contribution in [1.29, 1.82) is 0 Å². The van der Waals surface area contributed by atoms with Crippen molar-refractivity contribution in [2.45, 2.75) is 49.5 Å². The van der Waals surface area contributed by atoms with Crippen LogP contribution in [0.3, 0.4) is 0 Å². The summed E-state index contributed by atoms with van der Waals surface area (Å²) in [5.74, 6) is 0. The molecule has 7 nitrogen and oxygen atoms in total. The average molecular weight is 345 g/mol. The van der Waals surface area contributed by atoms with E-state index in [4.69, 9.17) is 5.11 Å². The van der Waals surface area contributed by atoms with Gasteiger partial charge in [-0.15, -0.1) is 11.8 Å². The lowest BCUT2D eigenvalue weighted by Gasteiger charge is -2.45. The normalized spacial score (nSPS) is 40.6. The molecule has 0 aliphatic carbocycles. The molecule has 0 bridgehead atoms. The summed E-state index contributed by atoms with van der Waals surface area (Å²) in [4.78, 5) is 4.90. The van der Waals surface area contributed by atoms with E-state index in [9.17, 15) is 0 Å². The van der Waals surface area contributed by atoms with Crippen LogP contribution in [0.4, 0.5) is 0 Å². The zero-order valence-corrected chi connectivity index (χ0v) is 15.1. The summed E-state index contributed by atoms with van der Waals surface area (Å²) in [6.07, 6.45) is 2.13. The van der Waals surface area contributed by atoms with E-state index >= 15 is 0 Å². The molecular weight excluding hydrogens is 312 g/mol. The summed E-state index contributed by atoms with van der Waals surface area (Å²) >= 11 is 1.98. The van der Waals surface area contributed by atoms with Gasteiger partial charge in [0.05, 0.1) is 25.1 Å². The number of aliphatic hydroxyl groups is 1. The summed E-state index contributed by atoms with van der Waals surface area (Å²) in [5.41, 5.74) is 0.356. The Morgan fingerprint density at radius 2 is 1.96 bits per heavy atom. The molecule has 5 atom stereocenters. The molecule has 0 aromatic rings. The molecule has 0 spiro atoms. The van der Waals surface area contributed by atoms with Crippen molar-refractivity contribution in [1.82, 2.24) is 31.1 Å². The Kier molecular flexibility index (Phi) is 6.56. The fourth-order valence-electron chi connectivity index (χ4n) is 3.69. The van der Waals surface area contributed by atoms with Crippen LogP contribution >= 0.6 is 11.8 Å². The van der Waals surface area contributed by atoms with Crippen LogP contribution in [0.1, 0.15) is 20.3 Å². The van der Waals surface area contributed by atoms with Gasteiger partial charge >= 0.3 is 0 Å². The number of β-amino-alcohol motifs (C(OH)–C–C–N with tert-alkyl or cyclic N) is 1. The number of rotatable bonds is 5. The van der Waals surface area contributed by atoms with Crippen LogP contribution in [0.25, 0.3) is 0 Å². The maximum absolute atomic E-state index is 9.06. The van der Waals surface area contributed by atoms with Crippen LogP contribution < -0.4 is 21.3 Å². The van der Waals surface area contributed by atoms with Crippen molar-refractivity contribution < 1.29 is 5.11 Å². The van der Waals surface area contributed by atoms with Crippen LogP contribution in [-0.4, -0.2) is 90.0 Å². The highest BCUT2D eigenvalue weighted by atomic mass is 32.2. The van der Waals surface area contributed by atoms with Crippen molar-refractivity contribution >= 4 is 11.8 Å². The second-order valence-corrected chi connectivity index (χ2v) is 8.41. The molecule has 3 saturated heterocycles. The average Bonchev–Trinajstić information content (AvgIpc) is 2.93. The molecule has 5 unspecified atom stereocenters. The van der Waals surface area contributed by atoms with Gasteiger partial charge in [0.2, 0.25) is 0 Å². The molecule has 134 valence electrons. The number of hydrogen-bond donors (Lipinski definition) is 5. The van der Waals surface area contributed by atoms with Gasteiger partial charge in [-0.3, -0.25) is 31.1 Å². The molecule has 0 aromatic heterocycles. The molecule has 0 radical (unpaired) electrons. The van der Waals surface area contributed by atoms with E-state index in [0.29, 0.717) is 29.2 Å². The molecular formula is C15H32N6OS. The minimum atomic E-state index is 0.263. The monoisotopic (exact) mass is 344 g/mol. The zero-order chi connectivity index (χ0) is 16.2. The van der Waals surface area contributed by atoms with Gasteiger partial charge in [-0.2, -0.15) is 0 Å². The number of aliphatic hydroxyl groups excluding tert-OH is 1. The first-order valence-electron chi connectivity index (χ1n) is 8.88. The third-order valence-corrected chi connectivity index (χ3v) is 6.13. The zero-order valence-electron chi connectivity index (χ0n) is 14.3. The van der Waals surface area contributed by atoms with Gasteiger partial charge in [-0.05, 0) is 6.92 Å². The lowest BCUT2D eigenvalue weighted by atomic mass is 10.1. The molecule has 0 amide bonds. The molecule has 3 rings (SSSR count). The van der Waals surface area contributed by atoms with Crippen LogP contribution in [0.5, 0.6) is 0 Å². The van der Waals surface area contributed by atoms with E-state index in [0.717, 1.165) is 45.7 Å². The number of thioether (sulfide) groups is 1. The molecule has 3 aliphatic rings. The Bertz CT molecular complexity index is 368. The topological polar surface area (TPSA) is 74.8 Å². The molecule has 0 aromatic carbocycles. The van der Waals surface area contributed by atoms with Gasteiger partial charge in [0, 0.05) is 50.9 Å². The minimum absolute atomic E-state index is 0.263. The summed E-state index contributed by atoms with van der Waals surface area (Å²) in [5, 5.41) is 24.3. The summed E-state index contributed by atoms with van der Waals surface area (Å²) in [6, 6.07) is 0. The molecule has 3 heterocycles. The van der Waals surface area contributed by atoms with Crippen LogP contribution in [0, 0.1) is 0 Å². The standard InChI is InChI=1S/C15H32N6OS/c1-11-10-16-15(23-11)19-13-9-14(18-12(2)17-13)21-5-3-20(4-6-21)7-8-22/h11-19,22H,3-10H2,1-2H3. The second kappa shape index (κ2) is 8.44. The fourth-order valence-corrected chi connectivity index (χ4v) is 4.78. The van der Waals surface area contributed by atoms with E-state index in [1.807, 2.05) is 11.8 Å². The first kappa shape index (κ1) is 17.9. The van der Waals surface area contributed by atoms with Crippen LogP contribution in [-0.2, 0) is 0 Å². The highest BCUT2D eigenvalue weighted by molar-refractivity contribution is 8.00. The summed E-state index contributed by atoms with van der Waals surface area (Å²) in [6.45, 7) is 10.9. The van der Waals surface area contributed by atoms with Gasteiger partial charge < -0.3 is 5.11 Å². The van der Waals surface area contributed by atoms with E-state index in [-0.39, 0.29) is 6.61 Å². The third kappa shape index (κ3) is 5.02. The van der Waals surface area contributed by atoms with Crippen molar-refractivity contribution in [2.75, 3.05) is 45.9 Å². The lowest BCUT2D eigenvalue weighted by Crippen LogP contribution is -2.68. The Morgan fingerprint density at radius 3 is 2.61 bits per heavy atom. The number of piperazine rings is 1. The quantitative estimate of drug-likeness (QED) is 0.425. The second-order valence-electron chi connectivity index (χ2n) is 6.86. The van der Waals surface area contributed by atoms with Gasteiger partial charge in [0.25, 0.3) is 0 Å². The largest absolute Gasteiger partial charge is 0.395 e. The van der Waals surface area contributed by atoms with Crippen molar-refractivity contribution in [2.24, 2.45) is 0 Å². The summed E-state index contributed by atoms with van der Waals surface area (Å²) in [7, 11) is 0. The lowest BCUT2D eigenvalue weighted by molar-refractivity contribution is 0.0370. The van der Waals surface area contributed by atoms with E-state index < -0.39 is 0 Å². The Morgan fingerprint density at radius 1 is 1.17 bits per heavy atom. The molecule has 3 fully saturated rings. The van der Waals surface area contributed by atoms with E-state index in [1.165, 1.54) is 0 Å². The molecule has 5 N–H and O–H groups in total. The fraction of sp³-hybridized carbons (Fsp3) is 1.00. The Hall–Kier alpha value is 0.0700. The molecule has 0 saturated carbocycles. The van der Waals surface area contributed by atoms with Gasteiger partial charge in [-0.1, -0.05) is 6.92 Å². The molecule has 8 heteroatoms. The highest BCUT2D eigenvalue weighted by Gasteiger charge is 2.33.